The summed E-state index contributed by atoms with van der Waals surface area (Å²) in [5, 5.41) is 0. The number of nitrogens with zero attached hydrogens (tertiary/aromatic N) is 3. The van der Waals surface area contributed by atoms with Crippen LogP contribution in [0.15, 0.2) is 53.0 Å². The summed E-state index contributed by atoms with van der Waals surface area (Å²) in [6.45, 7) is 6.13. The number of carbonyl (C=O) groups is 2. The lowest BCUT2D eigenvalue weighted by molar-refractivity contribution is -0.128. The SMILES string of the molecule is O=C1CCCN1Cc1ccc(Br)c(C(=O)N2CC3CC(CN(Cc4ccccc4)C3)C2)c1. The van der Waals surface area contributed by atoms with Crippen LogP contribution in [-0.2, 0) is 17.9 Å². The summed E-state index contributed by atoms with van der Waals surface area (Å²) >= 11 is 3.59. The van der Waals surface area contributed by atoms with Gasteiger partial charge in [-0.3, -0.25) is 14.5 Å². The van der Waals surface area contributed by atoms with E-state index in [4.69, 9.17) is 0 Å². The second-order valence-corrected chi connectivity index (χ2v) is 10.4. The molecular weight excluding hydrogens is 466 g/mol. The fourth-order valence-corrected chi connectivity index (χ4v) is 6.04. The lowest BCUT2D eigenvalue weighted by Crippen LogP contribution is -2.53. The molecule has 5 nitrogen and oxygen atoms in total. The number of amides is 2. The van der Waals surface area contributed by atoms with E-state index in [2.05, 4.69) is 56.1 Å². The molecule has 3 aliphatic heterocycles. The first-order chi connectivity index (χ1) is 15.5. The van der Waals surface area contributed by atoms with Crippen molar-refractivity contribution in [3.8, 4) is 0 Å². The van der Waals surface area contributed by atoms with Gasteiger partial charge in [0, 0.05) is 56.7 Å². The first-order valence-electron chi connectivity index (χ1n) is 11.7. The van der Waals surface area contributed by atoms with E-state index in [0.29, 0.717) is 24.8 Å². The molecule has 0 radical (unpaired) electrons. The zero-order chi connectivity index (χ0) is 22.1. The average molecular weight is 496 g/mol. The summed E-state index contributed by atoms with van der Waals surface area (Å²) in [4.78, 5) is 32.0. The molecule has 2 amide bonds. The zero-order valence-electron chi connectivity index (χ0n) is 18.4. The molecule has 3 heterocycles. The number of hydrogen-bond acceptors (Lipinski definition) is 3. The van der Waals surface area contributed by atoms with Crippen molar-refractivity contribution in [2.24, 2.45) is 11.8 Å². The predicted octanol–water partition coefficient (Wildman–Crippen LogP) is 4.17. The van der Waals surface area contributed by atoms with E-state index in [1.165, 1.54) is 12.0 Å². The number of halogens is 1. The summed E-state index contributed by atoms with van der Waals surface area (Å²) < 4.78 is 0.834. The molecular formula is C26H30BrN3O2. The monoisotopic (exact) mass is 495 g/mol. The Hall–Kier alpha value is -2.18. The Morgan fingerprint density at radius 1 is 0.938 bits per heavy atom. The summed E-state index contributed by atoms with van der Waals surface area (Å²) in [6.07, 6.45) is 2.78. The Balaban J connectivity index is 1.25. The minimum absolute atomic E-state index is 0.109. The number of rotatable bonds is 5. The molecule has 168 valence electrons. The highest BCUT2D eigenvalue weighted by molar-refractivity contribution is 9.10. The van der Waals surface area contributed by atoms with Crippen LogP contribution in [0, 0.1) is 11.8 Å². The Morgan fingerprint density at radius 2 is 1.69 bits per heavy atom. The number of piperidine rings is 2. The van der Waals surface area contributed by atoms with Crippen molar-refractivity contribution in [1.82, 2.24) is 14.7 Å². The topological polar surface area (TPSA) is 43.9 Å². The van der Waals surface area contributed by atoms with Crippen LogP contribution in [0.1, 0.15) is 40.7 Å². The van der Waals surface area contributed by atoms with E-state index < -0.39 is 0 Å². The first-order valence-corrected chi connectivity index (χ1v) is 12.5. The summed E-state index contributed by atoms with van der Waals surface area (Å²) in [5.41, 5.74) is 3.10. The second-order valence-electron chi connectivity index (χ2n) is 9.59. The highest BCUT2D eigenvalue weighted by Gasteiger charge is 2.36. The van der Waals surface area contributed by atoms with E-state index >= 15 is 0 Å². The lowest BCUT2D eigenvalue weighted by Gasteiger charge is -2.46. The molecule has 5 rings (SSSR count). The van der Waals surface area contributed by atoms with Crippen molar-refractivity contribution in [3.63, 3.8) is 0 Å². The van der Waals surface area contributed by atoms with Gasteiger partial charge >= 0.3 is 0 Å². The zero-order valence-corrected chi connectivity index (χ0v) is 20.0. The van der Waals surface area contributed by atoms with Gasteiger partial charge in [-0.2, -0.15) is 0 Å². The van der Waals surface area contributed by atoms with E-state index in [-0.39, 0.29) is 11.8 Å². The molecule has 2 atom stereocenters. The molecule has 32 heavy (non-hydrogen) atoms. The minimum atomic E-state index is 0.109. The quantitative estimate of drug-likeness (QED) is 0.625. The summed E-state index contributed by atoms with van der Waals surface area (Å²) in [5.74, 6) is 1.38. The van der Waals surface area contributed by atoms with Crippen LogP contribution < -0.4 is 0 Å². The van der Waals surface area contributed by atoms with Crippen molar-refractivity contribution in [2.45, 2.75) is 32.4 Å². The van der Waals surface area contributed by atoms with Crippen molar-refractivity contribution >= 4 is 27.7 Å². The lowest BCUT2D eigenvalue weighted by atomic mass is 9.84. The highest BCUT2D eigenvalue weighted by Crippen LogP contribution is 2.31. The summed E-state index contributed by atoms with van der Waals surface area (Å²) in [7, 11) is 0. The predicted molar refractivity (Wildman–Crippen MR) is 128 cm³/mol. The third-order valence-corrected chi connectivity index (χ3v) is 7.69. The Labute approximate surface area is 198 Å². The smallest absolute Gasteiger partial charge is 0.255 e. The number of likely N-dealkylation sites (tertiary alicyclic amines) is 3. The van der Waals surface area contributed by atoms with Gasteiger partial charge in [-0.1, -0.05) is 36.4 Å². The van der Waals surface area contributed by atoms with Gasteiger partial charge in [0.05, 0.1) is 5.56 Å². The number of benzene rings is 2. The van der Waals surface area contributed by atoms with Crippen LogP contribution in [0.2, 0.25) is 0 Å². The van der Waals surface area contributed by atoms with Gasteiger partial charge in [-0.25, -0.2) is 0 Å². The van der Waals surface area contributed by atoms with Crippen LogP contribution >= 0.6 is 15.9 Å². The number of hydrogen-bond donors (Lipinski definition) is 0. The largest absolute Gasteiger partial charge is 0.338 e. The first kappa shape index (κ1) is 21.7. The molecule has 0 spiro atoms. The van der Waals surface area contributed by atoms with Gasteiger partial charge in [0.2, 0.25) is 5.91 Å². The van der Waals surface area contributed by atoms with Gasteiger partial charge in [0.25, 0.3) is 5.91 Å². The maximum Gasteiger partial charge on any atom is 0.255 e. The normalized spacial score (nSPS) is 23.6. The second kappa shape index (κ2) is 9.36. The third kappa shape index (κ3) is 4.76. The van der Waals surface area contributed by atoms with Gasteiger partial charge < -0.3 is 9.80 Å². The van der Waals surface area contributed by atoms with E-state index in [9.17, 15) is 9.59 Å². The minimum Gasteiger partial charge on any atom is -0.338 e. The fraction of sp³-hybridized carbons (Fsp3) is 0.462. The molecule has 2 aromatic rings. The maximum absolute atomic E-state index is 13.5. The van der Waals surface area contributed by atoms with Crippen molar-refractivity contribution < 1.29 is 9.59 Å². The summed E-state index contributed by atoms with van der Waals surface area (Å²) in [6, 6.07) is 16.6. The molecule has 3 aliphatic rings. The van der Waals surface area contributed by atoms with Crippen LogP contribution in [0.25, 0.3) is 0 Å². The number of carbonyl (C=O) groups excluding carboxylic acids is 2. The Morgan fingerprint density at radius 3 is 2.38 bits per heavy atom. The van der Waals surface area contributed by atoms with Gasteiger partial charge in [-0.05, 0) is 63.9 Å². The van der Waals surface area contributed by atoms with Crippen LogP contribution in [0.5, 0.6) is 0 Å². The van der Waals surface area contributed by atoms with Crippen LogP contribution in [0.3, 0.4) is 0 Å². The van der Waals surface area contributed by atoms with Crippen molar-refractivity contribution in [3.05, 3.63) is 69.7 Å². The third-order valence-electron chi connectivity index (χ3n) is 7.00. The molecule has 2 bridgehead atoms. The molecule has 0 N–H and O–H groups in total. The van der Waals surface area contributed by atoms with Crippen LogP contribution in [0.4, 0.5) is 0 Å². The van der Waals surface area contributed by atoms with E-state index in [1.54, 1.807) is 0 Å². The maximum atomic E-state index is 13.5. The van der Waals surface area contributed by atoms with E-state index in [1.807, 2.05) is 23.1 Å². The highest BCUT2D eigenvalue weighted by atomic mass is 79.9. The Kier molecular flexibility index (Phi) is 6.33. The van der Waals surface area contributed by atoms with Gasteiger partial charge in [0.1, 0.15) is 0 Å². The molecule has 0 aliphatic carbocycles. The standard InChI is InChI=1S/C26H30BrN3O2/c27-24-9-8-20(16-29-10-4-7-25(29)31)12-23(24)26(32)30-17-21-11-22(18-30)15-28(14-21)13-19-5-2-1-3-6-19/h1-3,5-6,8-9,12,21-22H,4,7,10-11,13-18H2. The van der Waals surface area contributed by atoms with Gasteiger partial charge in [0.15, 0.2) is 0 Å². The average Bonchev–Trinajstić information content (AvgIpc) is 3.19. The molecule has 0 aromatic heterocycles. The van der Waals surface area contributed by atoms with Crippen molar-refractivity contribution in [1.29, 1.82) is 0 Å². The molecule has 3 saturated heterocycles. The van der Waals surface area contributed by atoms with Gasteiger partial charge in [-0.15, -0.1) is 0 Å². The molecule has 0 saturated carbocycles. The van der Waals surface area contributed by atoms with E-state index in [0.717, 1.165) is 61.3 Å². The molecule has 6 heteroatoms. The van der Waals surface area contributed by atoms with Crippen LogP contribution in [-0.4, -0.2) is 59.2 Å². The Bertz CT molecular complexity index is 982. The molecule has 2 unspecified atom stereocenters. The molecule has 3 fully saturated rings. The number of fused-ring (bicyclic) bond motifs is 2. The fourth-order valence-electron chi connectivity index (χ4n) is 5.62. The van der Waals surface area contributed by atoms with Crippen molar-refractivity contribution in [2.75, 3.05) is 32.7 Å². The molecule has 2 aromatic carbocycles.